The second-order valence-electron chi connectivity index (χ2n) is 23.4. The minimum atomic E-state index is -1.23. The van der Waals surface area contributed by atoms with Gasteiger partial charge in [0.2, 0.25) is 17.8 Å². The minimum absolute atomic E-state index is 0.101. The van der Waals surface area contributed by atoms with Gasteiger partial charge in [-0.25, -0.2) is 52.5 Å². The van der Waals surface area contributed by atoms with E-state index in [9.17, 15) is 42.9 Å². The minimum Gasteiger partial charge on any atom is -0.384 e. The molecule has 0 spiro atoms. The number of methoxy groups -OCH3 is 1. The van der Waals surface area contributed by atoms with Crippen LogP contribution in [0.15, 0.2) is 140 Å². The van der Waals surface area contributed by atoms with E-state index in [0.717, 1.165) is 22.3 Å². The maximum Gasteiger partial charge on any atom is 0.321 e. The maximum atomic E-state index is 14.7. The number of urea groups is 3. The topological polar surface area (TPSA) is 370 Å². The van der Waals surface area contributed by atoms with Crippen molar-refractivity contribution in [1.29, 1.82) is 0 Å². The van der Waals surface area contributed by atoms with Crippen molar-refractivity contribution in [2.75, 3.05) is 49.3 Å². The smallest absolute Gasteiger partial charge is 0.321 e. The summed E-state index contributed by atoms with van der Waals surface area (Å²) in [6.45, 7) is 8.55. The molecule has 2 aliphatic carbocycles. The lowest BCUT2D eigenvalue weighted by molar-refractivity contribution is -0.0239. The molecule has 0 aliphatic heterocycles. The number of amides is 6. The van der Waals surface area contributed by atoms with Crippen LogP contribution in [0.3, 0.4) is 0 Å². The van der Waals surface area contributed by atoms with E-state index < -0.39 is 52.3 Å². The van der Waals surface area contributed by atoms with E-state index in [1.165, 1.54) is 62.1 Å². The molecule has 9 heterocycles. The van der Waals surface area contributed by atoms with Gasteiger partial charge in [-0.1, -0.05) is 12.1 Å². The zero-order valence-corrected chi connectivity index (χ0v) is 53.5. The fraction of sp³-hybridized carbons (Fsp3) is 0.232. The number of benzene rings is 3. The third-order valence-corrected chi connectivity index (χ3v) is 16.0. The van der Waals surface area contributed by atoms with E-state index in [1.807, 2.05) is 50.2 Å². The van der Waals surface area contributed by atoms with E-state index in [2.05, 4.69) is 96.7 Å². The number of carbonyl (C=O) groups excluding carboxylic acids is 3. The molecule has 0 bridgehead atoms. The molecule has 0 saturated heterocycles. The Kier molecular flexibility index (Phi) is 18.9. The molecule has 2 saturated carbocycles. The first-order valence-corrected chi connectivity index (χ1v) is 31.3. The number of aromatic amines is 3. The SMILES string of the molecule is CCNC(=O)Nc1nc2c(-c3ncccc3F)cc(-c3ccc(C(C)(O)COC)nc3)cc2[nH]1.CCNC(=O)Nc1nc2c(-c3ncccc3F)cc(-c3ccc(C4(O)CC4)nc3)cc2[nH]1.CCNC(=O)Nc1nc2c(-c3ncccc3F)cc(-c3cnc(C4(O)CC4)nc3)cc2[nH]1. The van der Waals surface area contributed by atoms with Crippen molar-refractivity contribution in [2.24, 2.45) is 0 Å². The Morgan fingerprint density at radius 1 is 0.500 bits per heavy atom. The fourth-order valence-corrected chi connectivity index (χ4v) is 10.8. The molecule has 9 aromatic heterocycles. The van der Waals surface area contributed by atoms with Gasteiger partial charge in [0.25, 0.3) is 0 Å². The van der Waals surface area contributed by atoms with Crippen molar-refractivity contribution < 1.29 is 47.6 Å². The summed E-state index contributed by atoms with van der Waals surface area (Å²) in [5.74, 6) is -0.376. The summed E-state index contributed by atoms with van der Waals surface area (Å²) in [4.78, 5) is 88.4. The van der Waals surface area contributed by atoms with Gasteiger partial charge < -0.3 is 51.0 Å². The van der Waals surface area contributed by atoms with E-state index in [0.29, 0.717) is 123 Å². The maximum absolute atomic E-state index is 14.7. The molecule has 98 heavy (non-hydrogen) atoms. The predicted octanol–water partition coefficient (Wildman–Crippen LogP) is 11.1. The predicted molar refractivity (Wildman–Crippen MR) is 361 cm³/mol. The van der Waals surface area contributed by atoms with E-state index >= 15 is 0 Å². The normalized spacial score (nSPS) is 13.9. The summed E-state index contributed by atoms with van der Waals surface area (Å²) >= 11 is 0. The van der Waals surface area contributed by atoms with Crippen LogP contribution in [0.4, 0.5) is 45.4 Å². The van der Waals surface area contributed by atoms with Crippen LogP contribution in [0, 0.1) is 17.5 Å². The van der Waals surface area contributed by atoms with Gasteiger partial charge in [0.1, 0.15) is 67.9 Å². The van der Waals surface area contributed by atoms with Gasteiger partial charge in [0.05, 0.1) is 34.5 Å². The van der Waals surface area contributed by atoms with Crippen LogP contribution in [0.2, 0.25) is 0 Å². The number of fused-ring (bicyclic) bond motifs is 3. The molecule has 500 valence electrons. The van der Waals surface area contributed by atoms with Gasteiger partial charge in [-0.05, 0) is 155 Å². The number of nitrogens with zero attached hydrogens (tertiary/aromatic N) is 10. The number of nitrogens with one attached hydrogen (secondary N) is 9. The molecule has 3 aromatic carbocycles. The molecule has 12 aromatic rings. The lowest BCUT2D eigenvalue weighted by Gasteiger charge is -2.21. The Hall–Kier alpha value is -11.7. The van der Waals surface area contributed by atoms with Crippen LogP contribution >= 0.6 is 0 Å². The van der Waals surface area contributed by atoms with Gasteiger partial charge in [-0.15, -0.1) is 0 Å². The fourth-order valence-electron chi connectivity index (χ4n) is 10.8. The second-order valence-corrected chi connectivity index (χ2v) is 23.4. The quantitative estimate of drug-likeness (QED) is 0.0403. The molecule has 2 aliphatic rings. The number of H-pyrrole nitrogens is 3. The summed E-state index contributed by atoms with van der Waals surface area (Å²) in [5, 5.41) is 46.8. The number of carbonyl (C=O) groups is 3. The summed E-state index contributed by atoms with van der Waals surface area (Å²) in [5.41, 5.74) is 7.59. The van der Waals surface area contributed by atoms with Gasteiger partial charge >= 0.3 is 18.1 Å². The number of anilines is 3. The number of rotatable bonds is 17. The summed E-state index contributed by atoms with van der Waals surface area (Å²) in [6, 6.07) is 25.4. The van der Waals surface area contributed by atoms with Crippen molar-refractivity contribution in [2.45, 2.75) is 70.2 Å². The lowest BCUT2D eigenvalue weighted by atomic mass is 9.98. The first-order chi connectivity index (χ1) is 47.2. The molecule has 1 unspecified atom stereocenters. The highest BCUT2D eigenvalue weighted by Gasteiger charge is 2.45. The van der Waals surface area contributed by atoms with Gasteiger partial charge in [-0.3, -0.25) is 40.9 Å². The molecule has 6 amide bonds. The third kappa shape index (κ3) is 14.6. The molecule has 26 nitrogen and oxygen atoms in total. The Bertz CT molecular complexity index is 4720. The van der Waals surface area contributed by atoms with Crippen LogP contribution in [0.1, 0.15) is 70.6 Å². The Morgan fingerprint density at radius 3 is 1.21 bits per heavy atom. The molecule has 2 fully saturated rings. The summed E-state index contributed by atoms with van der Waals surface area (Å²) in [7, 11) is 1.51. The van der Waals surface area contributed by atoms with Gasteiger partial charge in [0.15, 0.2) is 5.82 Å². The molecular weight excluding hydrogens is 1260 g/mol. The zero-order valence-electron chi connectivity index (χ0n) is 53.5. The number of ether oxygens (including phenoxy) is 1. The second kappa shape index (κ2) is 28.0. The monoisotopic (exact) mass is 1330 g/mol. The van der Waals surface area contributed by atoms with Crippen LogP contribution < -0.4 is 31.9 Å². The largest absolute Gasteiger partial charge is 0.384 e. The molecule has 0 radical (unpaired) electrons. The zero-order chi connectivity index (χ0) is 68.9. The molecule has 12 N–H and O–H groups in total. The van der Waals surface area contributed by atoms with Crippen molar-refractivity contribution >= 4 is 69.0 Å². The average Bonchev–Trinajstić information content (AvgIpc) is 1.54. The van der Waals surface area contributed by atoms with E-state index in [1.54, 1.807) is 62.9 Å². The summed E-state index contributed by atoms with van der Waals surface area (Å²) in [6.07, 6.45) is 13.8. The third-order valence-electron chi connectivity index (χ3n) is 16.0. The van der Waals surface area contributed by atoms with Crippen LogP contribution in [0.5, 0.6) is 0 Å². The van der Waals surface area contributed by atoms with Crippen molar-refractivity contribution in [3.63, 3.8) is 0 Å². The number of pyridine rings is 5. The van der Waals surface area contributed by atoms with Crippen LogP contribution in [-0.4, -0.2) is 132 Å². The number of imidazole rings is 3. The molecular formula is C69H66F3N19O7. The number of halogens is 3. The first kappa shape index (κ1) is 66.4. The molecule has 29 heteroatoms. The highest BCUT2D eigenvalue weighted by Crippen LogP contribution is 2.46. The number of hydrogen-bond acceptors (Lipinski definition) is 17. The Balaban J connectivity index is 0.000000140. The first-order valence-electron chi connectivity index (χ1n) is 31.3. The van der Waals surface area contributed by atoms with Crippen LogP contribution in [-0.2, 0) is 21.5 Å². The number of hydrogen-bond donors (Lipinski definition) is 12. The summed E-state index contributed by atoms with van der Waals surface area (Å²) < 4.78 is 49.0. The van der Waals surface area contributed by atoms with Gasteiger partial charge in [-0.2, -0.15) is 0 Å². The van der Waals surface area contributed by atoms with Crippen molar-refractivity contribution in [3.05, 3.63) is 175 Å². The van der Waals surface area contributed by atoms with Crippen LogP contribution in [0.25, 0.3) is 100 Å². The van der Waals surface area contributed by atoms with Gasteiger partial charge in [0, 0.05) is 104 Å². The van der Waals surface area contributed by atoms with E-state index in [-0.39, 0.29) is 41.5 Å². The molecule has 14 rings (SSSR count). The Morgan fingerprint density at radius 2 is 0.878 bits per heavy atom. The highest BCUT2D eigenvalue weighted by molar-refractivity contribution is 6.01. The standard InChI is InChI=1S/C24H25FN6O3.C23H21FN6O2.C22H20FN7O2/c1-4-26-23(32)31-22-29-18-11-15(14-7-8-19(28-12-14)24(2,33)13-34-3)10-16(21(18)30-22)20-17(25)6-5-9-27-20;1-2-25-22(31)30-21-28-17-11-14(13-5-6-18(27-12-13)23(32)7-8-23)10-15(20(17)29-21)19-16(24)4-3-9-26-19;1-2-24-21(31)30-20-28-16-9-12(13-10-26-19(27-11-13)22(32)5-6-22)8-14(18(16)29-20)17-15(23)4-3-7-25-17/h5-12,33H,4,13H2,1-3H3,(H3,26,29,30,31,32);3-6,9-12,32H,2,7-8H2,1H3,(H3,25,28,29,30,31);3-4,7-11,32H,2,5-6H2,1H3,(H3,24,28,29,30,31). The number of aliphatic hydroxyl groups is 3. The van der Waals surface area contributed by atoms with E-state index in [4.69, 9.17) is 4.74 Å². The highest BCUT2D eigenvalue weighted by atomic mass is 19.1. The average molecular weight is 1330 g/mol. The lowest BCUT2D eigenvalue weighted by Crippen LogP contribution is -2.28. The Labute approximate surface area is 556 Å². The number of aromatic nitrogens is 13. The van der Waals surface area contributed by atoms with Crippen molar-refractivity contribution in [3.8, 4) is 67.2 Å². The van der Waals surface area contributed by atoms with Crippen molar-refractivity contribution in [1.82, 2.24) is 80.7 Å². The molecule has 1 atom stereocenters.